The molecule has 0 spiro atoms. The highest BCUT2D eigenvalue weighted by molar-refractivity contribution is 5.96. The van der Waals surface area contributed by atoms with Gasteiger partial charge in [0.2, 0.25) is 0 Å². The summed E-state index contributed by atoms with van der Waals surface area (Å²) in [6.45, 7) is 14.3. The van der Waals surface area contributed by atoms with E-state index in [9.17, 15) is 10.1 Å². The Kier molecular flexibility index (Phi) is 8.71. The largest absolute Gasteiger partial charge is 0.494 e. The minimum absolute atomic E-state index is 0.130. The van der Waals surface area contributed by atoms with E-state index >= 15 is 0 Å². The second-order valence-electron chi connectivity index (χ2n) is 7.57. The van der Waals surface area contributed by atoms with Crippen molar-refractivity contribution >= 4 is 22.7 Å². The van der Waals surface area contributed by atoms with Gasteiger partial charge >= 0.3 is 6.09 Å². The summed E-state index contributed by atoms with van der Waals surface area (Å²) in [5.41, 5.74) is 3.83. The number of nitrogens with zero attached hydrogens (tertiary/aromatic N) is 2. The maximum atomic E-state index is 12.0. The van der Waals surface area contributed by atoms with Crippen LogP contribution in [0.1, 0.15) is 60.1 Å². The Hall–Kier alpha value is -3.46. The lowest BCUT2D eigenvalue weighted by atomic mass is 10.0. The van der Waals surface area contributed by atoms with Crippen molar-refractivity contribution in [2.75, 3.05) is 11.9 Å². The first-order valence-corrected chi connectivity index (χ1v) is 11.1. The van der Waals surface area contributed by atoms with Crippen molar-refractivity contribution in [3.8, 4) is 23.1 Å². The van der Waals surface area contributed by atoms with Gasteiger partial charge in [-0.25, -0.2) is 4.79 Å². The zero-order chi connectivity index (χ0) is 23.8. The van der Waals surface area contributed by atoms with Crippen molar-refractivity contribution < 1.29 is 14.3 Å². The lowest BCUT2D eigenvalue weighted by Crippen LogP contribution is -2.17. The van der Waals surface area contributed by atoms with Gasteiger partial charge in [0.05, 0.1) is 29.5 Å². The van der Waals surface area contributed by atoms with Crippen LogP contribution >= 0.6 is 0 Å². The van der Waals surface area contributed by atoms with E-state index in [0.29, 0.717) is 17.9 Å². The van der Waals surface area contributed by atoms with Crippen molar-refractivity contribution in [1.82, 2.24) is 4.57 Å². The summed E-state index contributed by atoms with van der Waals surface area (Å²) in [6.07, 6.45) is -0.713. The Morgan fingerprint density at radius 3 is 2.44 bits per heavy atom. The van der Waals surface area contributed by atoms with Crippen LogP contribution in [-0.2, 0) is 4.74 Å². The third-order valence-corrected chi connectivity index (χ3v) is 4.64. The molecule has 6 heteroatoms. The number of benzene rings is 2. The topological polar surface area (TPSA) is 76.3 Å². The number of aromatic nitrogens is 1. The summed E-state index contributed by atoms with van der Waals surface area (Å²) >= 11 is 0. The molecule has 0 fully saturated rings. The van der Waals surface area contributed by atoms with E-state index in [2.05, 4.69) is 29.8 Å². The van der Waals surface area contributed by atoms with Crippen LogP contribution in [0.15, 0.2) is 42.5 Å². The van der Waals surface area contributed by atoms with E-state index in [1.54, 1.807) is 19.9 Å². The standard InChI is InChI=1S/C24H27N3O3.C2H6/c1-6-29-19-10-11-22-20(13-19)21(14-25)23(27(22)15(2)3)17-8-7-9-18(12-17)26-24(28)30-16(4)5;1-2/h7-13,15-16H,6H2,1-5H3,(H,26,28);1-2H3. The molecule has 0 saturated carbocycles. The SMILES string of the molecule is CC.CCOc1ccc2c(c1)c(C#N)c(-c1cccc(NC(=O)OC(C)C)c1)n2C(C)C. The van der Waals surface area contributed by atoms with Crippen molar-refractivity contribution in [1.29, 1.82) is 5.26 Å². The Morgan fingerprint density at radius 2 is 1.84 bits per heavy atom. The predicted molar refractivity (Wildman–Crippen MR) is 130 cm³/mol. The predicted octanol–water partition coefficient (Wildman–Crippen LogP) is 7.14. The molecule has 1 heterocycles. The average Bonchev–Trinajstić information content (AvgIpc) is 3.09. The van der Waals surface area contributed by atoms with E-state index in [-0.39, 0.29) is 12.1 Å². The molecule has 170 valence electrons. The van der Waals surface area contributed by atoms with E-state index < -0.39 is 6.09 Å². The number of carbonyl (C=O) groups is 1. The van der Waals surface area contributed by atoms with Crippen LogP contribution in [0.5, 0.6) is 5.75 Å². The number of nitrogens with one attached hydrogen (secondary N) is 1. The summed E-state index contributed by atoms with van der Waals surface area (Å²) in [6, 6.07) is 15.8. The van der Waals surface area contributed by atoms with Crippen molar-refractivity contribution in [2.24, 2.45) is 0 Å². The van der Waals surface area contributed by atoms with Crippen LogP contribution in [0.3, 0.4) is 0 Å². The minimum Gasteiger partial charge on any atom is -0.494 e. The molecule has 3 rings (SSSR count). The molecule has 0 atom stereocenters. The number of fused-ring (bicyclic) bond motifs is 1. The molecular formula is C26H33N3O3. The second kappa shape index (κ2) is 11.2. The molecule has 0 aliphatic carbocycles. The maximum absolute atomic E-state index is 12.0. The molecule has 0 radical (unpaired) electrons. The first kappa shape index (κ1) is 24.8. The first-order valence-electron chi connectivity index (χ1n) is 11.1. The molecule has 3 aromatic rings. The molecule has 1 amide bonds. The zero-order valence-electron chi connectivity index (χ0n) is 20.0. The van der Waals surface area contributed by atoms with Crippen LogP contribution in [0.2, 0.25) is 0 Å². The molecule has 0 aliphatic heterocycles. The van der Waals surface area contributed by atoms with Gasteiger partial charge in [0.15, 0.2) is 0 Å². The maximum Gasteiger partial charge on any atom is 0.411 e. The highest BCUT2D eigenvalue weighted by Gasteiger charge is 2.21. The van der Waals surface area contributed by atoms with Gasteiger partial charge < -0.3 is 14.0 Å². The van der Waals surface area contributed by atoms with Crippen molar-refractivity contribution in [2.45, 2.75) is 60.6 Å². The molecule has 0 bridgehead atoms. The summed E-state index contributed by atoms with van der Waals surface area (Å²) < 4.78 is 13.0. The average molecular weight is 436 g/mol. The van der Waals surface area contributed by atoms with Crippen LogP contribution < -0.4 is 10.1 Å². The number of carbonyl (C=O) groups excluding carboxylic acids is 1. The normalized spacial score (nSPS) is 10.5. The molecule has 0 unspecified atom stereocenters. The fraction of sp³-hybridized carbons (Fsp3) is 0.385. The molecule has 32 heavy (non-hydrogen) atoms. The third kappa shape index (κ3) is 5.42. The Morgan fingerprint density at radius 1 is 1.12 bits per heavy atom. The zero-order valence-corrected chi connectivity index (χ0v) is 20.0. The van der Waals surface area contributed by atoms with Crippen LogP contribution in [0.25, 0.3) is 22.2 Å². The number of amides is 1. The summed E-state index contributed by atoms with van der Waals surface area (Å²) in [5.74, 6) is 0.737. The fourth-order valence-electron chi connectivity index (χ4n) is 3.59. The van der Waals surface area contributed by atoms with Gasteiger partial charge in [-0.1, -0.05) is 26.0 Å². The number of anilines is 1. The van der Waals surface area contributed by atoms with Crippen molar-refractivity contribution in [3.05, 3.63) is 48.0 Å². The van der Waals surface area contributed by atoms with E-state index in [1.807, 2.05) is 57.2 Å². The molecule has 6 nitrogen and oxygen atoms in total. The smallest absolute Gasteiger partial charge is 0.411 e. The molecule has 1 aromatic heterocycles. The lowest BCUT2D eigenvalue weighted by molar-refractivity contribution is 0.130. The number of nitriles is 1. The van der Waals surface area contributed by atoms with Gasteiger partial charge in [-0.2, -0.15) is 5.26 Å². The highest BCUT2D eigenvalue weighted by atomic mass is 16.6. The van der Waals surface area contributed by atoms with Gasteiger partial charge in [0, 0.05) is 22.7 Å². The molecule has 2 aromatic carbocycles. The van der Waals surface area contributed by atoms with E-state index in [4.69, 9.17) is 9.47 Å². The van der Waals surface area contributed by atoms with Crippen molar-refractivity contribution in [3.63, 3.8) is 0 Å². The second-order valence-corrected chi connectivity index (χ2v) is 7.57. The van der Waals surface area contributed by atoms with Gasteiger partial charge in [-0.15, -0.1) is 0 Å². The molecule has 1 N–H and O–H groups in total. The highest BCUT2D eigenvalue weighted by Crippen LogP contribution is 2.38. The third-order valence-electron chi connectivity index (χ3n) is 4.64. The quantitative estimate of drug-likeness (QED) is 0.446. The van der Waals surface area contributed by atoms with Gasteiger partial charge in [0.1, 0.15) is 11.8 Å². The Bertz CT molecular complexity index is 1110. The molecule has 0 aliphatic rings. The summed E-state index contributed by atoms with van der Waals surface area (Å²) in [5, 5.41) is 13.6. The van der Waals surface area contributed by atoms with Crippen LogP contribution in [0, 0.1) is 11.3 Å². The van der Waals surface area contributed by atoms with Gasteiger partial charge in [-0.05, 0) is 65.0 Å². The number of ether oxygens (including phenoxy) is 2. The minimum atomic E-state index is -0.506. The molecule has 0 saturated heterocycles. The Labute approximate surface area is 190 Å². The van der Waals surface area contributed by atoms with Crippen LogP contribution in [-0.4, -0.2) is 23.4 Å². The summed E-state index contributed by atoms with van der Waals surface area (Å²) in [7, 11) is 0. The van der Waals surface area contributed by atoms with E-state index in [0.717, 1.165) is 27.9 Å². The number of hydrogen-bond acceptors (Lipinski definition) is 4. The van der Waals surface area contributed by atoms with Crippen LogP contribution in [0.4, 0.5) is 10.5 Å². The van der Waals surface area contributed by atoms with Gasteiger partial charge in [-0.3, -0.25) is 5.32 Å². The van der Waals surface area contributed by atoms with Gasteiger partial charge in [0.25, 0.3) is 0 Å². The first-order chi connectivity index (χ1) is 15.3. The Balaban J connectivity index is 0.00000176. The van der Waals surface area contributed by atoms with E-state index in [1.165, 1.54) is 0 Å². The molecular weight excluding hydrogens is 402 g/mol. The number of rotatable bonds is 6. The summed E-state index contributed by atoms with van der Waals surface area (Å²) in [4.78, 5) is 12.0. The fourth-order valence-corrected chi connectivity index (χ4v) is 3.59. The lowest BCUT2D eigenvalue weighted by Gasteiger charge is -2.16. The monoisotopic (exact) mass is 435 g/mol. The number of hydrogen-bond donors (Lipinski definition) is 1.